The monoisotopic (exact) mass is 558 g/mol. The van der Waals surface area contributed by atoms with E-state index in [1.165, 1.54) is 12.8 Å². The summed E-state index contributed by atoms with van der Waals surface area (Å²) in [6, 6.07) is 34.2. The second-order valence-corrected chi connectivity index (χ2v) is 10.1. The van der Waals surface area contributed by atoms with Gasteiger partial charge in [-0.2, -0.15) is 0 Å². The largest absolute Gasteiger partial charge is 0.494 e. The van der Waals surface area contributed by atoms with Gasteiger partial charge in [-0.3, -0.25) is 9.59 Å². The minimum Gasteiger partial charge on any atom is -0.494 e. The van der Waals surface area contributed by atoms with Gasteiger partial charge >= 0.3 is 0 Å². The van der Waals surface area contributed by atoms with E-state index < -0.39 is 0 Å². The summed E-state index contributed by atoms with van der Waals surface area (Å²) in [5.41, 5.74) is 3.25. The van der Waals surface area contributed by atoms with E-state index >= 15 is 0 Å². The summed E-state index contributed by atoms with van der Waals surface area (Å²) >= 11 is 0. The molecule has 0 unspecified atom stereocenters. The standard InChI is InChI=1S/C38H38O4/c39-37(33-17-7-5-8-18-33)25-23-31-15-13-21-35(29-31)41-27-11-3-1-2-4-12-28-42-36-22-14-16-32(30-36)24-26-38(40)34-19-9-6-10-20-34/h5-10,13-26,29-30H,1-4,11-12,27-28H2/b25-23+,26-24+. The van der Waals surface area contributed by atoms with E-state index in [4.69, 9.17) is 9.47 Å². The van der Waals surface area contributed by atoms with Gasteiger partial charge in [0.05, 0.1) is 13.2 Å². The summed E-state index contributed by atoms with van der Waals surface area (Å²) in [4.78, 5) is 24.6. The fourth-order valence-electron chi connectivity index (χ4n) is 4.45. The molecule has 42 heavy (non-hydrogen) atoms. The van der Waals surface area contributed by atoms with Gasteiger partial charge in [0.15, 0.2) is 11.6 Å². The van der Waals surface area contributed by atoms with Crippen molar-refractivity contribution in [3.8, 4) is 11.5 Å². The van der Waals surface area contributed by atoms with E-state index in [-0.39, 0.29) is 11.6 Å². The molecule has 0 saturated heterocycles. The molecule has 0 aliphatic carbocycles. The summed E-state index contributed by atoms with van der Waals surface area (Å²) < 4.78 is 11.9. The molecule has 0 spiro atoms. The average molecular weight is 559 g/mol. The van der Waals surface area contributed by atoms with Crippen LogP contribution in [0.15, 0.2) is 121 Å². The topological polar surface area (TPSA) is 52.6 Å². The molecular formula is C38H38O4. The van der Waals surface area contributed by atoms with Crippen LogP contribution in [0.4, 0.5) is 0 Å². The number of rotatable bonds is 17. The highest BCUT2D eigenvalue weighted by Gasteiger charge is 2.02. The molecule has 0 radical (unpaired) electrons. The van der Waals surface area contributed by atoms with E-state index in [1.807, 2.05) is 121 Å². The first-order valence-corrected chi connectivity index (χ1v) is 14.7. The van der Waals surface area contributed by atoms with Crippen molar-refractivity contribution < 1.29 is 19.1 Å². The lowest BCUT2D eigenvalue weighted by Crippen LogP contribution is -1.99. The Morgan fingerprint density at radius 3 is 1.31 bits per heavy atom. The minimum atomic E-state index is -0.0102. The highest BCUT2D eigenvalue weighted by Crippen LogP contribution is 2.18. The minimum absolute atomic E-state index is 0.0102. The molecule has 0 amide bonds. The van der Waals surface area contributed by atoms with Crippen molar-refractivity contribution in [1.29, 1.82) is 0 Å². The van der Waals surface area contributed by atoms with Crippen molar-refractivity contribution >= 4 is 23.7 Å². The SMILES string of the molecule is O=C(/C=C/c1cccc(OCCCCCCCCOc2cccc(/C=C/C(=O)c3ccccc3)c2)c1)c1ccccc1. The summed E-state index contributed by atoms with van der Waals surface area (Å²) in [6.07, 6.45) is 13.5. The maximum atomic E-state index is 12.3. The van der Waals surface area contributed by atoms with Crippen molar-refractivity contribution in [1.82, 2.24) is 0 Å². The number of benzene rings is 4. The number of carbonyl (C=O) groups excluding carboxylic acids is 2. The third-order valence-electron chi connectivity index (χ3n) is 6.76. The van der Waals surface area contributed by atoms with Gasteiger partial charge in [-0.25, -0.2) is 0 Å². The van der Waals surface area contributed by atoms with Crippen molar-refractivity contribution in [2.45, 2.75) is 38.5 Å². The zero-order valence-corrected chi connectivity index (χ0v) is 24.0. The van der Waals surface area contributed by atoms with Gasteiger partial charge in [0.2, 0.25) is 0 Å². The number of hydrogen-bond donors (Lipinski definition) is 0. The summed E-state index contributed by atoms with van der Waals surface area (Å²) in [7, 11) is 0. The molecule has 4 aromatic carbocycles. The highest BCUT2D eigenvalue weighted by molar-refractivity contribution is 6.07. The van der Waals surface area contributed by atoms with E-state index in [9.17, 15) is 9.59 Å². The van der Waals surface area contributed by atoms with Crippen LogP contribution in [0.3, 0.4) is 0 Å². The molecule has 4 rings (SSSR count). The van der Waals surface area contributed by atoms with Crippen molar-refractivity contribution in [2.24, 2.45) is 0 Å². The Kier molecular flexibility index (Phi) is 12.4. The first kappa shape index (κ1) is 30.3. The average Bonchev–Trinajstić information content (AvgIpc) is 3.04. The molecule has 0 fully saturated rings. The lowest BCUT2D eigenvalue weighted by atomic mass is 10.1. The second-order valence-electron chi connectivity index (χ2n) is 10.1. The van der Waals surface area contributed by atoms with Crippen LogP contribution in [0.2, 0.25) is 0 Å². The molecule has 4 heteroatoms. The fraction of sp³-hybridized carbons (Fsp3) is 0.211. The van der Waals surface area contributed by atoms with Crippen LogP contribution in [0, 0.1) is 0 Å². The predicted molar refractivity (Wildman–Crippen MR) is 171 cm³/mol. The molecule has 0 aliphatic heterocycles. The van der Waals surface area contributed by atoms with Crippen molar-refractivity contribution in [3.63, 3.8) is 0 Å². The first-order chi connectivity index (χ1) is 20.7. The quantitative estimate of drug-likeness (QED) is 0.0736. The van der Waals surface area contributed by atoms with Gasteiger partial charge in [-0.15, -0.1) is 0 Å². The number of hydrogen-bond acceptors (Lipinski definition) is 4. The smallest absolute Gasteiger partial charge is 0.185 e. The fourth-order valence-corrected chi connectivity index (χ4v) is 4.45. The summed E-state index contributed by atoms with van der Waals surface area (Å²) in [5, 5.41) is 0. The van der Waals surface area contributed by atoms with E-state index in [0.29, 0.717) is 24.3 Å². The molecule has 0 atom stereocenters. The van der Waals surface area contributed by atoms with Gasteiger partial charge in [-0.05, 0) is 60.4 Å². The van der Waals surface area contributed by atoms with Crippen LogP contribution in [0.25, 0.3) is 12.2 Å². The van der Waals surface area contributed by atoms with Gasteiger partial charge in [0.25, 0.3) is 0 Å². The molecule has 0 bridgehead atoms. The third-order valence-corrected chi connectivity index (χ3v) is 6.76. The zero-order valence-electron chi connectivity index (χ0n) is 24.0. The number of unbranched alkanes of at least 4 members (excludes halogenated alkanes) is 5. The van der Waals surface area contributed by atoms with Crippen LogP contribution >= 0.6 is 0 Å². The van der Waals surface area contributed by atoms with E-state index in [0.717, 1.165) is 48.3 Å². The highest BCUT2D eigenvalue weighted by atomic mass is 16.5. The Morgan fingerprint density at radius 2 is 0.881 bits per heavy atom. The number of ether oxygens (including phenoxy) is 2. The first-order valence-electron chi connectivity index (χ1n) is 14.7. The maximum absolute atomic E-state index is 12.3. The van der Waals surface area contributed by atoms with Gasteiger partial charge in [0, 0.05) is 11.1 Å². The van der Waals surface area contributed by atoms with Crippen LogP contribution in [0.5, 0.6) is 11.5 Å². The van der Waals surface area contributed by atoms with E-state index in [1.54, 1.807) is 12.2 Å². The molecular weight excluding hydrogens is 520 g/mol. The molecule has 4 aromatic rings. The number of carbonyl (C=O) groups is 2. The van der Waals surface area contributed by atoms with Crippen LogP contribution in [-0.4, -0.2) is 24.8 Å². The van der Waals surface area contributed by atoms with E-state index in [2.05, 4.69) is 0 Å². The summed E-state index contributed by atoms with van der Waals surface area (Å²) in [5.74, 6) is 1.63. The lowest BCUT2D eigenvalue weighted by Gasteiger charge is -2.08. The molecule has 0 aromatic heterocycles. The van der Waals surface area contributed by atoms with Gasteiger partial charge in [-0.1, -0.05) is 123 Å². The van der Waals surface area contributed by atoms with Crippen molar-refractivity contribution in [3.05, 3.63) is 144 Å². The molecule has 0 heterocycles. The Bertz CT molecular complexity index is 1340. The third kappa shape index (κ3) is 10.7. The molecule has 4 nitrogen and oxygen atoms in total. The second kappa shape index (κ2) is 17.2. The number of ketones is 2. The van der Waals surface area contributed by atoms with Crippen molar-refractivity contribution in [2.75, 3.05) is 13.2 Å². The Labute approximate surface area is 249 Å². The maximum Gasteiger partial charge on any atom is 0.185 e. The predicted octanol–water partition coefficient (Wildman–Crippen LogP) is 9.28. The van der Waals surface area contributed by atoms with Crippen LogP contribution in [0.1, 0.15) is 70.4 Å². The normalized spacial score (nSPS) is 11.1. The molecule has 0 aliphatic rings. The Hall–Kier alpha value is -4.70. The molecule has 0 saturated carbocycles. The lowest BCUT2D eigenvalue weighted by molar-refractivity contribution is 0.103. The molecule has 214 valence electrons. The van der Waals surface area contributed by atoms with Crippen LogP contribution in [-0.2, 0) is 0 Å². The van der Waals surface area contributed by atoms with Gasteiger partial charge < -0.3 is 9.47 Å². The Morgan fingerprint density at radius 1 is 0.476 bits per heavy atom. The molecule has 0 N–H and O–H groups in total. The number of allylic oxidation sites excluding steroid dienone is 2. The summed E-state index contributed by atoms with van der Waals surface area (Å²) in [6.45, 7) is 1.36. The zero-order chi connectivity index (χ0) is 29.2. The Balaban J connectivity index is 1.05. The van der Waals surface area contributed by atoms with Gasteiger partial charge in [0.1, 0.15) is 11.5 Å². The van der Waals surface area contributed by atoms with Crippen LogP contribution < -0.4 is 9.47 Å².